The van der Waals surface area contributed by atoms with E-state index in [1.807, 2.05) is 6.08 Å². The lowest BCUT2D eigenvalue weighted by atomic mass is 10.0. The number of unbranched alkanes of at least 4 members (excludes halogenated alkanes) is 23. The fraction of sp³-hybridized carbons (Fsp3) is 0.914. The van der Waals surface area contributed by atoms with Crippen LogP contribution in [0.15, 0.2) is 12.2 Å². The molecule has 0 aliphatic heterocycles. The van der Waals surface area contributed by atoms with Gasteiger partial charge in [-0.15, -0.1) is 0 Å². The predicted molar refractivity (Wildman–Crippen MR) is 172 cm³/mol. The maximum atomic E-state index is 12.3. The topological polar surface area (TPSA) is 89.8 Å². The number of aliphatic hydroxyl groups excluding tert-OH is 3. The number of hydrogen-bond donors (Lipinski definition) is 4. The third kappa shape index (κ3) is 26.0. The Kier molecular flexibility index (Phi) is 30.3. The Morgan fingerprint density at radius 2 is 0.975 bits per heavy atom. The normalized spacial score (nSPS) is 14.0. The monoisotopic (exact) mass is 568 g/mol. The lowest BCUT2D eigenvalue weighted by Crippen LogP contribution is -2.48. The number of nitrogens with one attached hydrogen (secondary N) is 1. The average molecular weight is 568 g/mol. The Hall–Kier alpha value is -0.910. The summed E-state index contributed by atoms with van der Waals surface area (Å²) in [6, 6.07) is -0.789. The van der Waals surface area contributed by atoms with Gasteiger partial charge in [0.25, 0.3) is 0 Å². The van der Waals surface area contributed by atoms with Crippen LogP contribution in [0, 0.1) is 0 Å². The van der Waals surface area contributed by atoms with Gasteiger partial charge in [-0.05, 0) is 19.3 Å². The van der Waals surface area contributed by atoms with Crippen LogP contribution < -0.4 is 5.32 Å². The first kappa shape index (κ1) is 39.1. The summed E-state index contributed by atoms with van der Waals surface area (Å²) in [6.07, 6.45) is 33.7. The number of amides is 1. The Balaban J connectivity index is 3.72. The summed E-state index contributed by atoms with van der Waals surface area (Å²) in [5.74, 6) is -0.506. The van der Waals surface area contributed by atoms with Crippen LogP contribution in [0.25, 0.3) is 0 Å². The van der Waals surface area contributed by atoms with Crippen molar-refractivity contribution in [2.75, 3.05) is 6.61 Å². The van der Waals surface area contributed by atoms with Gasteiger partial charge in [-0.25, -0.2) is 0 Å². The quantitative estimate of drug-likeness (QED) is 0.0497. The largest absolute Gasteiger partial charge is 0.394 e. The summed E-state index contributed by atoms with van der Waals surface area (Å²) in [6.45, 7) is 4.14. The summed E-state index contributed by atoms with van der Waals surface area (Å²) in [5.41, 5.74) is 0. The minimum absolute atomic E-state index is 0.360. The number of allylic oxidation sites excluding steroid dienone is 1. The van der Waals surface area contributed by atoms with E-state index in [0.717, 1.165) is 32.1 Å². The number of carbonyl (C=O) groups excluding carboxylic acids is 1. The molecule has 3 atom stereocenters. The molecule has 0 aliphatic carbocycles. The number of aliphatic hydroxyl groups is 3. The van der Waals surface area contributed by atoms with Gasteiger partial charge in [0.2, 0.25) is 5.91 Å². The molecule has 0 aromatic carbocycles. The van der Waals surface area contributed by atoms with Gasteiger partial charge >= 0.3 is 0 Å². The first-order valence-electron chi connectivity index (χ1n) is 17.5. The van der Waals surface area contributed by atoms with Crippen molar-refractivity contribution in [3.05, 3.63) is 12.2 Å². The lowest BCUT2D eigenvalue weighted by molar-refractivity contribution is -0.131. The smallest absolute Gasteiger partial charge is 0.249 e. The molecule has 0 bridgehead atoms. The average Bonchev–Trinajstić information content (AvgIpc) is 2.96. The van der Waals surface area contributed by atoms with Crippen molar-refractivity contribution < 1.29 is 20.1 Å². The van der Waals surface area contributed by atoms with E-state index in [9.17, 15) is 20.1 Å². The van der Waals surface area contributed by atoms with Crippen LogP contribution >= 0.6 is 0 Å². The predicted octanol–water partition coefficient (Wildman–Crippen LogP) is 8.92. The van der Waals surface area contributed by atoms with Crippen LogP contribution in [-0.2, 0) is 4.79 Å². The van der Waals surface area contributed by atoms with Crippen LogP contribution in [0.3, 0.4) is 0 Å². The van der Waals surface area contributed by atoms with Crippen LogP contribution in [0.1, 0.15) is 181 Å². The SMILES string of the molecule is CCCCCCCCCCCCCCCCC/C=C/C(O)C(CO)NC(=O)C(O)CCCCCCCCCCC. The van der Waals surface area contributed by atoms with Gasteiger partial charge in [-0.3, -0.25) is 4.79 Å². The molecule has 0 aliphatic rings. The molecule has 5 heteroatoms. The zero-order valence-electron chi connectivity index (χ0n) is 26.7. The molecule has 0 fully saturated rings. The molecule has 0 spiro atoms. The van der Waals surface area contributed by atoms with Gasteiger partial charge in [0, 0.05) is 0 Å². The first-order valence-corrected chi connectivity index (χ1v) is 17.5. The molecular formula is C35H69NO4. The number of hydrogen-bond acceptors (Lipinski definition) is 4. The summed E-state index contributed by atoms with van der Waals surface area (Å²) >= 11 is 0. The Morgan fingerprint density at radius 3 is 1.38 bits per heavy atom. The highest BCUT2D eigenvalue weighted by Gasteiger charge is 2.22. The highest BCUT2D eigenvalue weighted by atomic mass is 16.3. The molecule has 0 aromatic rings. The van der Waals surface area contributed by atoms with Crippen molar-refractivity contribution >= 4 is 5.91 Å². The number of rotatable bonds is 31. The third-order valence-electron chi connectivity index (χ3n) is 8.13. The third-order valence-corrected chi connectivity index (χ3v) is 8.13. The van der Waals surface area contributed by atoms with E-state index >= 15 is 0 Å². The molecule has 0 saturated carbocycles. The molecule has 3 unspecified atom stereocenters. The fourth-order valence-electron chi connectivity index (χ4n) is 5.30. The number of carbonyl (C=O) groups is 1. The van der Waals surface area contributed by atoms with Crippen molar-refractivity contribution in [2.24, 2.45) is 0 Å². The second-order valence-corrected chi connectivity index (χ2v) is 12.1. The van der Waals surface area contributed by atoms with Gasteiger partial charge in [0.05, 0.1) is 18.8 Å². The van der Waals surface area contributed by atoms with E-state index < -0.39 is 24.2 Å². The summed E-state index contributed by atoms with van der Waals surface area (Å²) in [5, 5.41) is 32.8. The maximum Gasteiger partial charge on any atom is 0.249 e. The highest BCUT2D eigenvalue weighted by molar-refractivity contribution is 5.80. The molecule has 0 radical (unpaired) electrons. The summed E-state index contributed by atoms with van der Waals surface area (Å²) in [4.78, 5) is 12.3. The molecule has 0 rings (SSSR count). The molecule has 0 heterocycles. The summed E-state index contributed by atoms with van der Waals surface area (Å²) < 4.78 is 0. The second-order valence-electron chi connectivity index (χ2n) is 12.1. The standard InChI is InChI=1S/C35H69NO4/c1-3-5-7-9-11-13-14-15-16-17-18-19-20-22-23-25-27-29-33(38)32(31-37)36-35(40)34(39)30-28-26-24-21-12-10-8-6-4-2/h27,29,32-34,37-39H,3-26,28,30-31H2,1-2H3,(H,36,40)/b29-27+. The van der Waals surface area contributed by atoms with Crippen LogP contribution in [-0.4, -0.2) is 46.1 Å². The maximum absolute atomic E-state index is 12.3. The minimum Gasteiger partial charge on any atom is -0.394 e. The second kappa shape index (κ2) is 31.0. The van der Waals surface area contributed by atoms with Gasteiger partial charge < -0.3 is 20.6 Å². The highest BCUT2D eigenvalue weighted by Crippen LogP contribution is 2.14. The molecule has 0 saturated heterocycles. The first-order chi connectivity index (χ1) is 19.6. The van der Waals surface area contributed by atoms with Crippen LogP contribution in [0.2, 0.25) is 0 Å². The molecule has 40 heavy (non-hydrogen) atoms. The van der Waals surface area contributed by atoms with Gasteiger partial charge in [-0.2, -0.15) is 0 Å². The molecule has 238 valence electrons. The van der Waals surface area contributed by atoms with Crippen molar-refractivity contribution in [3.63, 3.8) is 0 Å². The van der Waals surface area contributed by atoms with Crippen molar-refractivity contribution in [2.45, 2.75) is 199 Å². The van der Waals surface area contributed by atoms with Gasteiger partial charge in [-0.1, -0.05) is 174 Å². The van der Waals surface area contributed by atoms with E-state index in [4.69, 9.17) is 0 Å². The minimum atomic E-state index is -1.09. The van der Waals surface area contributed by atoms with Gasteiger partial charge in [0.15, 0.2) is 0 Å². The van der Waals surface area contributed by atoms with Crippen molar-refractivity contribution in [1.29, 1.82) is 0 Å². The van der Waals surface area contributed by atoms with E-state index in [-0.39, 0.29) is 6.61 Å². The van der Waals surface area contributed by atoms with E-state index in [0.29, 0.717) is 6.42 Å². The molecule has 5 nitrogen and oxygen atoms in total. The Morgan fingerprint density at radius 1 is 0.600 bits per heavy atom. The molecule has 1 amide bonds. The molecule has 4 N–H and O–H groups in total. The van der Waals surface area contributed by atoms with Crippen molar-refractivity contribution in [3.8, 4) is 0 Å². The van der Waals surface area contributed by atoms with E-state index in [1.165, 1.54) is 128 Å². The summed E-state index contributed by atoms with van der Waals surface area (Å²) in [7, 11) is 0. The fourth-order valence-corrected chi connectivity index (χ4v) is 5.30. The molecule has 0 aromatic heterocycles. The lowest BCUT2D eigenvalue weighted by Gasteiger charge is -2.21. The van der Waals surface area contributed by atoms with E-state index in [1.54, 1.807) is 6.08 Å². The zero-order valence-corrected chi connectivity index (χ0v) is 26.7. The van der Waals surface area contributed by atoms with Crippen LogP contribution in [0.5, 0.6) is 0 Å². The Bertz CT molecular complexity index is 554. The van der Waals surface area contributed by atoms with E-state index in [2.05, 4.69) is 19.2 Å². The zero-order chi connectivity index (χ0) is 29.5. The van der Waals surface area contributed by atoms with Crippen LogP contribution in [0.4, 0.5) is 0 Å². The van der Waals surface area contributed by atoms with Crippen molar-refractivity contribution in [1.82, 2.24) is 5.32 Å². The van der Waals surface area contributed by atoms with Gasteiger partial charge in [0.1, 0.15) is 6.10 Å². The molecular weight excluding hydrogens is 498 g/mol. The Labute approximate surface area is 249 Å².